The fourth-order valence-corrected chi connectivity index (χ4v) is 1.18. The molecule has 60 valence electrons. The molecule has 0 fully saturated rings. The van der Waals surface area contributed by atoms with Crippen LogP contribution in [0.15, 0.2) is 12.7 Å². The van der Waals surface area contributed by atoms with Crippen LogP contribution in [0.1, 0.15) is 40.5 Å². The lowest BCUT2D eigenvalue weighted by Gasteiger charge is -2.31. The van der Waals surface area contributed by atoms with Gasteiger partial charge < -0.3 is 0 Å². The Labute approximate surface area is 65.3 Å². The first-order valence-electron chi connectivity index (χ1n) is 4.23. The fraction of sp³-hybridized carbons (Fsp3) is 0.800. The number of allylic oxidation sites excluding steroid dienone is 1. The molecule has 0 saturated heterocycles. The van der Waals surface area contributed by atoms with Crippen molar-refractivity contribution in [2.24, 2.45) is 11.3 Å². The maximum Gasteiger partial charge on any atom is -0.0211 e. The van der Waals surface area contributed by atoms with Crippen LogP contribution in [0.5, 0.6) is 0 Å². The first-order chi connectivity index (χ1) is 4.60. The molecule has 10 heavy (non-hydrogen) atoms. The van der Waals surface area contributed by atoms with Crippen LogP contribution in [0.3, 0.4) is 0 Å². The van der Waals surface area contributed by atoms with E-state index < -0.39 is 0 Å². The van der Waals surface area contributed by atoms with Crippen LogP contribution in [-0.2, 0) is 0 Å². The van der Waals surface area contributed by atoms with Gasteiger partial charge in [-0.3, -0.25) is 0 Å². The summed E-state index contributed by atoms with van der Waals surface area (Å²) in [7, 11) is 0. The lowest BCUT2D eigenvalue weighted by molar-refractivity contribution is 0.223. The quantitative estimate of drug-likeness (QED) is 0.523. The lowest BCUT2D eigenvalue weighted by atomic mass is 9.74. The van der Waals surface area contributed by atoms with Crippen LogP contribution in [0.2, 0.25) is 0 Å². The van der Waals surface area contributed by atoms with Crippen LogP contribution in [0.4, 0.5) is 0 Å². The van der Waals surface area contributed by atoms with Gasteiger partial charge in [0.05, 0.1) is 0 Å². The third kappa shape index (κ3) is 1.86. The van der Waals surface area contributed by atoms with Gasteiger partial charge in [-0.25, -0.2) is 0 Å². The Morgan fingerprint density at radius 2 is 1.80 bits per heavy atom. The second-order valence-electron chi connectivity index (χ2n) is 3.39. The molecule has 0 aliphatic heterocycles. The van der Waals surface area contributed by atoms with E-state index in [1.807, 2.05) is 0 Å². The minimum absolute atomic E-state index is 0.474. The molecule has 0 heteroatoms. The highest BCUT2D eigenvalue weighted by molar-refractivity contribution is 4.88. The maximum atomic E-state index is 3.82. The Kier molecular flexibility index (Phi) is 3.70. The molecule has 1 unspecified atom stereocenters. The van der Waals surface area contributed by atoms with E-state index in [1.165, 1.54) is 12.8 Å². The van der Waals surface area contributed by atoms with Crippen molar-refractivity contribution in [3.8, 4) is 0 Å². The van der Waals surface area contributed by atoms with Crippen molar-refractivity contribution in [3.05, 3.63) is 12.7 Å². The van der Waals surface area contributed by atoms with Crippen molar-refractivity contribution >= 4 is 0 Å². The summed E-state index contributed by atoms with van der Waals surface area (Å²) in [6.45, 7) is 12.9. The van der Waals surface area contributed by atoms with Crippen molar-refractivity contribution in [2.45, 2.75) is 40.5 Å². The third-order valence-corrected chi connectivity index (χ3v) is 3.07. The van der Waals surface area contributed by atoms with E-state index in [2.05, 4.69) is 40.3 Å². The van der Waals surface area contributed by atoms with Gasteiger partial charge in [0.25, 0.3) is 0 Å². The summed E-state index contributed by atoms with van der Waals surface area (Å²) in [6.07, 6.45) is 4.56. The molecular formula is C10H20. The average molecular weight is 140 g/mol. The topological polar surface area (TPSA) is 0 Å². The fourth-order valence-electron chi connectivity index (χ4n) is 1.18. The van der Waals surface area contributed by atoms with E-state index in [1.54, 1.807) is 0 Å². The molecule has 0 spiro atoms. The Morgan fingerprint density at radius 3 is 1.90 bits per heavy atom. The van der Waals surface area contributed by atoms with E-state index in [-0.39, 0.29) is 0 Å². The normalized spacial score (nSPS) is 14.8. The average Bonchev–Trinajstić information content (AvgIpc) is 2.01. The van der Waals surface area contributed by atoms with Gasteiger partial charge in [-0.2, -0.15) is 0 Å². The summed E-state index contributed by atoms with van der Waals surface area (Å²) in [6, 6.07) is 0. The van der Waals surface area contributed by atoms with Crippen LogP contribution >= 0.6 is 0 Å². The SMILES string of the molecule is C=CC(C)C(C)(CC)CC. The molecule has 0 aliphatic rings. The Balaban J connectivity index is 4.15. The van der Waals surface area contributed by atoms with E-state index >= 15 is 0 Å². The minimum Gasteiger partial charge on any atom is -0.103 e. The van der Waals surface area contributed by atoms with Crippen molar-refractivity contribution in [1.29, 1.82) is 0 Å². The summed E-state index contributed by atoms with van der Waals surface area (Å²) >= 11 is 0. The molecule has 1 atom stereocenters. The Morgan fingerprint density at radius 1 is 1.40 bits per heavy atom. The summed E-state index contributed by atoms with van der Waals surface area (Å²) in [5.74, 6) is 0.641. The molecule has 0 bridgehead atoms. The van der Waals surface area contributed by atoms with E-state index in [0.29, 0.717) is 11.3 Å². The molecule has 0 aliphatic carbocycles. The highest BCUT2D eigenvalue weighted by atomic mass is 14.3. The molecule has 0 rings (SSSR count). The van der Waals surface area contributed by atoms with Gasteiger partial charge in [0.15, 0.2) is 0 Å². The zero-order chi connectivity index (χ0) is 8.20. The monoisotopic (exact) mass is 140 g/mol. The van der Waals surface area contributed by atoms with Gasteiger partial charge in [0.1, 0.15) is 0 Å². The van der Waals surface area contributed by atoms with Crippen LogP contribution in [0, 0.1) is 11.3 Å². The van der Waals surface area contributed by atoms with Gasteiger partial charge in [-0.1, -0.05) is 46.6 Å². The minimum atomic E-state index is 0.474. The molecule has 0 radical (unpaired) electrons. The van der Waals surface area contributed by atoms with Crippen molar-refractivity contribution in [3.63, 3.8) is 0 Å². The molecule has 0 aromatic rings. The van der Waals surface area contributed by atoms with E-state index in [4.69, 9.17) is 0 Å². The van der Waals surface area contributed by atoms with Crippen LogP contribution < -0.4 is 0 Å². The molecule has 0 amide bonds. The second kappa shape index (κ2) is 3.80. The summed E-state index contributed by atoms with van der Waals surface area (Å²) < 4.78 is 0. The van der Waals surface area contributed by atoms with E-state index in [9.17, 15) is 0 Å². The smallest absolute Gasteiger partial charge is 0.0211 e. The highest BCUT2D eigenvalue weighted by Gasteiger charge is 2.24. The zero-order valence-electron chi connectivity index (χ0n) is 7.78. The first-order valence-corrected chi connectivity index (χ1v) is 4.23. The van der Waals surface area contributed by atoms with Gasteiger partial charge >= 0.3 is 0 Å². The summed E-state index contributed by atoms with van der Waals surface area (Å²) in [4.78, 5) is 0. The predicted octanol–water partition coefficient (Wildman–Crippen LogP) is 3.63. The lowest BCUT2D eigenvalue weighted by Crippen LogP contribution is -2.21. The van der Waals surface area contributed by atoms with Gasteiger partial charge in [0, 0.05) is 0 Å². The number of hydrogen-bond acceptors (Lipinski definition) is 0. The molecule has 0 aromatic carbocycles. The second-order valence-corrected chi connectivity index (χ2v) is 3.39. The standard InChI is InChI=1S/C10H20/c1-6-9(4)10(5,7-2)8-3/h6,9H,1,7-8H2,2-5H3. The Hall–Kier alpha value is -0.260. The largest absolute Gasteiger partial charge is 0.103 e. The van der Waals surface area contributed by atoms with Crippen LogP contribution in [-0.4, -0.2) is 0 Å². The number of hydrogen-bond donors (Lipinski definition) is 0. The molecule has 0 aromatic heterocycles. The van der Waals surface area contributed by atoms with Gasteiger partial charge in [-0.05, 0) is 11.3 Å². The first kappa shape index (κ1) is 9.74. The number of rotatable bonds is 4. The van der Waals surface area contributed by atoms with Crippen LogP contribution in [0.25, 0.3) is 0 Å². The summed E-state index contributed by atoms with van der Waals surface area (Å²) in [5, 5.41) is 0. The van der Waals surface area contributed by atoms with Crippen molar-refractivity contribution < 1.29 is 0 Å². The van der Waals surface area contributed by atoms with Gasteiger partial charge in [-0.15, -0.1) is 6.58 Å². The van der Waals surface area contributed by atoms with Crippen molar-refractivity contribution in [1.82, 2.24) is 0 Å². The Bertz CT molecular complexity index is 98.6. The molecule has 0 N–H and O–H groups in total. The zero-order valence-corrected chi connectivity index (χ0v) is 7.78. The highest BCUT2D eigenvalue weighted by Crippen LogP contribution is 2.34. The van der Waals surface area contributed by atoms with Gasteiger partial charge in [0.2, 0.25) is 0 Å². The molecule has 0 heterocycles. The molecule has 0 saturated carbocycles. The molecule has 0 nitrogen and oxygen atoms in total. The molecular weight excluding hydrogens is 120 g/mol. The van der Waals surface area contributed by atoms with E-state index in [0.717, 1.165) is 0 Å². The third-order valence-electron chi connectivity index (χ3n) is 3.07. The summed E-state index contributed by atoms with van der Waals surface area (Å²) in [5.41, 5.74) is 0.474. The van der Waals surface area contributed by atoms with Crippen molar-refractivity contribution in [2.75, 3.05) is 0 Å². The predicted molar refractivity (Wildman–Crippen MR) is 48.1 cm³/mol. The maximum absolute atomic E-state index is 3.82.